The number of nitrogens with one attached hydrogen (secondary N) is 1. The molecule has 1 aromatic carbocycles. The Bertz CT molecular complexity index is 418. The summed E-state index contributed by atoms with van der Waals surface area (Å²) in [5.74, 6) is 0. The van der Waals surface area contributed by atoms with Gasteiger partial charge in [-0.25, -0.2) is 0 Å². The lowest BCUT2D eigenvalue weighted by Crippen LogP contribution is -2.55. The highest BCUT2D eigenvalue weighted by Gasteiger charge is 2.24. The number of nitrogens with zero attached hydrogens (tertiary/aromatic N) is 2. The van der Waals surface area contributed by atoms with E-state index in [4.69, 9.17) is 5.26 Å². The zero-order valence-electron chi connectivity index (χ0n) is 11.2. The van der Waals surface area contributed by atoms with Crippen molar-refractivity contribution in [1.82, 2.24) is 5.32 Å². The molecular formula is C15H21N3. The third kappa shape index (κ3) is 2.83. The van der Waals surface area contributed by atoms with Gasteiger partial charge in [-0.1, -0.05) is 19.1 Å². The minimum atomic E-state index is 0.289. The topological polar surface area (TPSA) is 39.1 Å². The maximum atomic E-state index is 8.80. The number of hydrogen-bond acceptors (Lipinski definition) is 3. The molecule has 1 aromatic rings. The summed E-state index contributed by atoms with van der Waals surface area (Å²) in [5.41, 5.74) is 2.64. The third-order valence-electron chi connectivity index (χ3n) is 3.67. The van der Waals surface area contributed by atoms with Gasteiger partial charge in [0.2, 0.25) is 0 Å². The fourth-order valence-electron chi connectivity index (χ4n) is 2.46. The molecule has 2 unspecified atom stereocenters. The normalized spacial score (nSPS) is 23.7. The molecule has 3 heteroatoms. The first-order valence-electron chi connectivity index (χ1n) is 6.70. The van der Waals surface area contributed by atoms with Gasteiger partial charge in [0.05, 0.1) is 12.5 Å². The summed E-state index contributed by atoms with van der Waals surface area (Å²) in [7, 11) is 0. The van der Waals surface area contributed by atoms with Crippen molar-refractivity contribution in [3.05, 3.63) is 29.8 Å². The van der Waals surface area contributed by atoms with Crippen molar-refractivity contribution in [2.75, 3.05) is 18.0 Å². The van der Waals surface area contributed by atoms with Crippen LogP contribution in [-0.2, 0) is 6.42 Å². The van der Waals surface area contributed by atoms with Gasteiger partial charge in [0, 0.05) is 30.9 Å². The molecule has 1 aliphatic rings. The van der Waals surface area contributed by atoms with Gasteiger partial charge < -0.3 is 10.2 Å². The van der Waals surface area contributed by atoms with E-state index in [1.807, 2.05) is 0 Å². The molecule has 1 N–H and O–H groups in total. The Morgan fingerprint density at radius 2 is 2.11 bits per heavy atom. The van der Waals surface area contributed by atoms with Gasteiger partial charge in [-0.05, 0) is 31.0 Å². The minimum Gasteiger partial charge on any atom is -0.366 e. The molecule has 1 heterocycles. The largest absolute Gasteiger partial charge is 0.366 e. The van der Waals surface area contributed by atoms with Gasteiger partial charge in [0.25, 0.3) is 0 Å². The van der Waals surface area contributed by atoms with Gasteiger partial charge in [-0.3, -0.25) is 0 Å². The van der Waals surface area contributed by atoms with Crippen molar-refractivity contribution in [1.29, 1.82) is 5.26 Å². The molecule has 1 aliphatic heterocycles. The maximum absolute atomic E-state index is 8.80. The number of rotatable bonds is 3. The zero-order valence-corrected chi connectivity index (χ0v) is 11.2. The molecule has 1 fully saturated rings. The van der Waals surface area contributed by atoms with E-state index in [-0.39, 0.29) is 6.04 Å². The predicted octanol–water partition coefficient (Wildman–Crippen LogP) is 2.33. The first kappa shape index (κ1) is 12.9. The monoisotopic (exact) mass is 243 g/mol. The first-order chi connectivity index (χ1) is 8.74. The second kappa shape index (κ2) is 5.88. The standard InChI is InChI=1S/C15H21N3/c1-3-13-4-6-15(7-5-13)18-11-14(8-9-16)17-10-12(18)2/h4-7,12,14,17H,3,8,10-11H2,1-2H3. The molecule has 0 amide bonds. The van der Waals surface area contributed by atoms with Crippen LogP contribution in [0.4, 0.5) is 5.69 Å². The minimum absolute atomic E-state index is 0.289. The molecule has 0 aromatic heterocycles. The van der Waals surface area contributed by atoms with Crippen LogP contribution in [0, 0.1) is 11.3 Å². The van der Waals surface area contributed by atoms with E-state index in [2.05, 4.69) is 54.4 Å². The van der Waals surface area contributed by atoms with E-state index in [9.17, 15) is 0 Å². The van der Waals surface area contributed by atoms with Gasteiger partial charge in [-0.15, -0.1) is 0 Å². The van der Waals surface area contributed by atoms with Crippen LogP contribution >= 0.6 is 0 Å². The van der Waals surface area contributed by atoms with Crippen LogP contribution in [0.15, 0.2) is 24.3 Å². The molecule has 0 radical (unpaired) electrons. The summed E-state index contributed by atoms with van der Waals surface area (Å²) in [6.45, 7) is 6.26. The van der Waals surface area contributed by atoms with Crippen LogP contribution in [0.3, 0.4) is 0 Å². The van der Waals surface area contributed by atoms with Crippen molar-refractivity contribution in [3.63, 3.8) is 0 Å². The second-order valence-electron chi connectivity index (χ2n) is 4.99. The number of aryl methyl sites for hydroxylation is 1. The van der Waals surface area contributed by atoms with E-state index >= 15 is 0 Å². The molecule has 2 rings (SSSR count). The van der Waals surface area contributed by atoms with Crippen molar-refractivity contribution >= 4 is 5.69 Å². The first-order valence-corrected chi connectivity index (χ1v) is 6.70. The second-order valence-corrected chi connectivity index (χ2v) is 4.99. The van der Waals surface area contributed by atoms with Crippen LogP contribution in [0.5, 0.6) is 0 Å². The lowest BCUT2D eigenvalue weighted by Gasteiger charge is -2.39. The Kier molecular flexibility index (Phi) is 4.22. The summed E-state index contributed by atoms with van der Waals surface area (Å²) in [6, 6.07) is 11.8. The van der Waals surface area contributed by atoms with E-state index in [0.717, 1.165) is 19.5 Å². The Labute approximate surface area is 109 Å². The summed E-state index contributed by atoms with van der Waals surface area (Å²) >= 11 is 0. The Morgan fingerprint density at radius 1 is 1.39 bits per heavy atom. The van der Waals surface area contributed by atoms with E-state index in [0.29, 0.717) is 12.5 Å². The van der Waals surface area contributed by atoms with Gasteiger partial charge in [0.1, 0.15) is 0 Å². The summed E-state index contributed by atoms with van der Waals surface area (Å²) < 4.78 is 0. The van der Waals surface area contributed by atoms with E-state index in [1.165, 1.54) is 11.3 Å². The number of anilines is 1. The summed E-state index contributed by atoms with van der Waals surface area (Å²) in [6.07, 6.45) is 1.66. The highest BCUT2D eigenvalue weighted by atomic mass is 15.2. The van der Waals surface area contributed by atoms with Crippen LogP contribution in [-0.4, -0.2) is 25.2 Å². The van der Waals surface area contributed by atoms with E-state index in [1.54, 1.807) is 0 Å². The highest BCUT2D eigenvalue weighted by Crippen LogP contribution is 2.21. The average Bonchev–Trinajstić information content (AvgIpc) is 2.41. The van der Waals surface area contributed by atoms with Crippen molar-refractivity contribution in [2.45, 2.75) is 38.8 Å². The molecular weight excluding hydrogens is 222 g/mol. The molecule has 2 atom stereocenters. The Hall–Kier alpha value is -1.53. The van der Waals surface area contributed by atoms with Crippen LogP contribution in [0.25, 0.3) is 0 Å². The Morgan fingerprint density at radius 3 is 2.72 bits per heavy atom. The number of hydrogen-bond donors (Lipinski definition) is 1. The smallest absolute Gasteiger partial charge is 0.0638 e. The summed E-state index contributed by atoms with van der Waals surface area (Å²) in [5, 5.41) is 12.2. The van der Waals surface area contributed by atoms with Gasteiger partial charge in [0.15, 0.2) is 0 Å². The molecule has 18 heavy (non-hydrogen) atoms. The van der Waals surface area contributed by atoms with Gasteiger partial charge >= 0.3 is 0 Å². The lowest BCUT2D eigenvalue weighted by atomic mass is 10.1. The van der Waals surface area contributed by atoms with Gasteiger partial charge in [-0.2, -0.15) is 5.26 Å². The number of benzene rings is 1. The van der Waals surface area contributed by atoms with Crippen LogP contribution in [0.1, 0.15) is 25.8 Å². The predicted molar refractivity (Wildman–Crippen MR) is 74.6 cm³/mol. The zero-order chi connectivity index (χ0) is 13.0. The van der Waals surface area contributed by atoms with Crippen LogP contribution < -0.4 is 10.2 Å². The third-order valence-corrected chi connectivity index (χ3v) is 3.67. The van der Waals surface area contributed by atoms with E-state index < -0.39 is 0 Å². The van der Waals surface area contributed by atoms with Crippen LogP contribution in [0.2, 0.25) is 0 Å². The molecule has 0 spiro atoms. The molecule has 3 nitrogen and oxygen atoms in total. The SMILES string of the molecule is CCc1ccc(N2CC(CC#N)NCC2C)cc1. The quantitative estimate of drug-likeness (QED) is 0.885. The highest BCUT2D eigenvalue weighted by molar-refractivity contribution is 5.49. The molecule has 0 saturated carbocycles. The molecule has 0 aliphatic carbocycles. The Balaban J connectivity index is 2.11. The molecule has 96 valence electrons. The van der Waals surface area contributed by atoms with Crippen molar-refractivity contribution in [3.8, 4) is 6.07 Å². The maximum Gasteiger partial charge on any atom is 0.0638 e. The molecule has 0 bridgehead atoms. The number of piperazine rings is 1. The molecule has 1 saturated heterocycles. The van der Waals surface area contributed by atoms with Crippen molar-refractivity contribution < 1.29 is 0 Å². The fourth-order valence-corrected chi connectivity index (χ4v) is 2.46. The lowest BCUT2D eigenvalue weighted by molar-refractivity contribution is 0.409. The summed E-state index contributed by atoms with van der Waals surface area (Å²) in [4.78, 5) is 2.40. The average molecular weight is 243 g/mol. The van der Waals surface area contributed by atoms with Crippen molar-refractivity contribution in [2.24, 2.45) is 0 Å². The number of nitriles is 1. The fraction of sp³-hybridized carbons (Fsp3) is 0.533.